The molecule has 0 aliphatic rings. The molecule has 0 radical (unpaired) electrons. The third-order valence-corrected chi connectivity index (χ3v) is 5.58. The van der Waals surface area contributed by atoms with Crippen LogP contribution >= 0.6 is 0 Å². The van der Waals surface area contributed by atoms with Crippen molar-refractivity contribution in [1.82, 2.24) is 15.0 Å². The molecule has 3 heteroatoms. The zero-order valence-electron chi connectivity index (χ0n) is 18.4. The summed E-state index contributed by atoms with van der Waals surface area (Å²) in [5, 5.41) is 0. The van der Waals surface area contributed by atoms with Crippen LogP contribution in [0.1, 0.15) is 16.8 Å². The lowest BCUT2D eigenvalue weighted by atomic mass is 9.99. The molecule has 5 rings (SSSR count). The van der Waals surface area contributed by atoms with E-state index in [1.54, 1.807) is 6.20 Å². The molecule has 0 spiro atoms. The number of hydrogen-bond donors (Lipinski definition) is 0. The van der Waals surface area contributed by atoms with Gasteiger partial charge in [-0.15, -0.1) is 0 Å². The highest BCUT2D eigenvalue weighted by molar-refractivity contribution is 5.82. The molecule has 2 aromatic carbocycles. The third kappa shape index (κ3) is 4.63. The lowest BCUT2D eigenvalue weighted by Crippen LogP contribution is -1.96. The topological polar surface area (TPSA) is 38.7 Å². The van der Waals surface area contributed by atoms with E-state index in [9.17, 15) is 0 Å². The Kier molecular flexibility index (Phi) is 5.85. The minimum absolute atomic E-state index is 0.916. The van der Waals surface area contributed by atoms with Gasteiger partial charge in [0.05, 0.1) is 11.4 Å². The van der Waals surface area contributed by atoms with Crippen LogP contribution < -0.4 is 0 Å². The van der Waals surface area contributed by atoms with Crippen molar-refractivity contribution in [1.29, 1.82) is 0 Å². The zero-order valence-corrected chi connectivity index (χ0v) is 18.4. The molecule has 33 heavy (non-hydrogen) atoms. The van der Waals surface area contributed by atoms with Gasteiger partial charge in [0.1, 0.15) is 0 Å². The molecule has 3 nitrogen and oxygen atoms in total. The van der Waals surface area contributed by atoms with Crippen LogP contribution in [0.4, 0.5) is 0 Å². The van der Waals surface area contributed by atoms with E-state index < -0.39 is 0 Å². The first-order valence-electron chi connectivity index (χ1n) is 10.9. The first-order chi connectivity index (χ1) is 16.3. The van der Waals surface area contributed by atoms with Gasteiger partial charge in [0, 0.05) is 52.1 Å². The molecule has 0 aliphatic heterocycles. The van der Waals surface area contributed by atoms with Gasteiger partial charge < -0.3 is 0 Å². The van der Waals surface area contributed by atoms with Crippen LogP contribution in [0.3, 0.4) is 0 Å². The number of benzene rings is 2. The molecular weight excluding hydrogens is 402 g/mol. The summed E-state index contributed by atoms with van der Waals surface area (Å²) in [6, 6.07) is 30.9. The maximum atomic E-state index is 4.89. The quantitative estimate of drug-likeness (QED) is 0.295. The Morgan fingerprint density at radius 3 is 2.15 bits per heavy atom. The lowest BCUT2D eigenvalue weighted by Gasteiger charge is -2.12. The summed E-state index contributed by atoms with van der Waals surface area (Å²) < 4.78 is 0. The van der Waals surface area contributed by atoms with E-state index in [1.807, 2.05) is 61.8 Å². The van der Waals surface area contributed by atoms with Crippen molar-refractivity contribution < 1.29 is 0 Å². The van der Waals surface area contributed by atoms with E-state index >= 15 is 0 Å². The van der Waals surface area contributed by atoms with Gasteiger partial charge in [0.2, 0.25) is 0 Å². The van der Waals surface area contributed by atoms with Gasteiger partial charge in [-0.05, 0) is 36.8 Å². The Labute approximate surface area is 194 Å². The van der Waals surface area contributed by atoms with E-state index in [-0.39, 0.29) is 0 Å². The zero-order chi connectivity index (χ0) is 22.5. The molecular formula is C30H23N3. The SMILES string of the molecule is Cc1nc(-c2ccccc2)ccc1-c1ncc(-c2cccnc2)cc1C=Cc1ccccc1. The first kappa shape index (κ1) is 20.5. The molecule has 0 unspecified atom stereocenters. The van der Waals surface area contributed by atoms with Crippen molar-refractivity contribution >= 4 is 12.2 Å². The molecule has 0 saturated carbocycles. The molecule has 0 aliphatic carbocycles. The maximum Gasteiger partial charge on any atom is 0.0792 e. The van der Waals surface area contributed by atoms with Crippen molar-refractivity contribution in [2.75, 3.05) is 0 Å². The van der Waals surface area contributed by atoms with Crippen LogP contribution in [-0.4, -0.2) is 15.0 Å². The number of pyridine rings is 3. The largest absolute Gasteiger partial charge is 0.264 e. The van der Waals surface area contributed by atoms with Crippen LogP contribution in [0, 0.1) is 6.92 Å². The number of nitrogens with zero attached hydrogens (tertiary/aromatic N) is 3. The standard InChI is InChI=1S/C30H23N3/c1-22-28(16-17-29(33-22)24-11-6-3-7-12-24)30-25(15-14-23-9-4-2-5-10-23)19-27(21-32-30)26-13-8-18-31-20-26/h2-21H,1H3. The molecule has 5 aromatic rings. The summed E-state index contributed by atoms with van der Waals surface area (Å²) in [7, 11) is 0. The molecule has 3 heterocycles. The Bertz CT molecular complexity index is 1390. The van der Waals surface area contributed by atoms with Crippen molar-refractivity contribution in [3.8, 4) is 33.6 Å². The van der Waals surface area contributed by atoms with Gasteiger partial charge in [-0.3, -0.25) is 15.0 Å². The summed E-state index contributed by atoms with van der Waals surface area (Å²) in [5.41, 5.74) is 9.22. The van der Waals surface area contributed by atoms with E-state index in [1.165, 1.54) is 0 Å². The number of hydrogen-bond acceptors (Lipinski definition) is 3. The lowest BCUT2D eigenvalue weighted by molar-refractivity contribution is 1.19. The second kappa shape index (κ2) is 9.41. The summed E-state index contributed by atoms with van der Waals surface area (Å²) in [5.74, 6) is 0. The number of aromatic nitrogens is 3. The fourth-order valence-corrected chi connectivity index (χ4v) is 3.86. The smallest absolute Gasteiger partial charge is 0.0792 e. The van der Waals surface area contributed by atoms with Crippen LogP contribution in [0.2, 0.25) is 0 Å². The van der Waals surface area contributed by atoms with Gasteiger partial charge in [-0.25, -0.2) is 0 Å². The molecule has 0 amide bonds. The van der Waals surface area contributed by atoms with Gasteiger partial charge in [-0.1, -0.05) is 78.9 Å². The summed E-state index contributed by atoms with van der Waals surface area (Å²) in [4.78, 5) is 14.0. The fraction of sp³-hybridized carbons (Fsp3) is 0.0333. The van der Waals surface area contributed by atoms with Crippen molar-refractivity contribution in [2.45, 2.75) is 6.92 Å². The number of rotatable bonds is 5. The molecule has 3 aromatic heterocycles. The van der Waals surface area contributed by atoms with Crippen molar-refractivity contribution in [2.24, 2.45) is 0 Å². The van der Waals surface area contributed by atoms with Gasteiger partial charge in [0.25, 0.3) is 0 Å². The molecule has 0 bridgehead atoms. The van der Waals surface area contributed by atoms with E-state index in [0.29, 0.717) is 0 Å². The minimum atomic E-state index is 0.916. The Morgan fingerprint density at radius 2 is 1.42 bits per heavy atom. The highest BCUT2D eigenvalue weighted by Gasteiger charge is 2.12. The fourth-order valence-electron chi connectivity index (χ4n) is 3.86. The monoisotopic (exact) mass is 425 g/mol. The van der Waals surface area contributed by atoms with E-state index in [0.717, 1.165) is 50.5 Å². The van der Waals surface area contributed by atoms with Crippen LogP contribution in [0.15, 0.2) is 110 Å². The second-order valence-electron chi connectivity index (χ2n) is 7.84. The maximum absolute atomic E-state index is 4.89. The average Bonchev–Trinajstić information content (AvgIpc) is 2.89. The average molecular weight is 426 g/mol. The number of aryl methyl sites for hydroxylation is 1. The highest BCUT2D eigenvalue weighted by atomic mass is 14.7. The Hall–Kier alpha value is -4.37. The molecule has 0 fully saturated rings. The molecule has 0 atom stereocenters. The Morgan fingerprint density at radius 1 is 0.667 bits per heavy atom. The second-order valence-corrected chi connectivity index (χ2v) is 7.84. The highest BCUT2D eigenvalue weighted by Crippen LogP contribution is 2.31. The molecule has 0 N–H and O–H groups in total. The van der Waals surface area contributed by atoms with Gasteiger partial charge >= 0.3 is 0 Å². The first-order valence-corrected chi connectivity index (χ1v) is 10.9. The van der Waals surface area contributed by atoms with E-state index in [2.05, 4.69) is 65.7 Å². The van der Waals surface area contributed by atoms with E-state index in [4.69, 9.17) is 9.97 Å². The van der Waals surface area contributed by atoms with Crippen molar-refractivity contribution in [3.05, 3.63) is 126 Å². The van der Waals surface area contributed by atoms with Gasteiger partial charge in [-0.2, -0.15) is 0 Å². The predicted molar refractivity (Wildman–Crippen MR) is 136 cm³/mol. The molecule has 158 valence electrons. The predicted octanol–water partition coefficient (Wildman–Crippen LogP) is 7.35. The van der Waals surface area contributed by atoms with Gasteiger partial charge in [0.15, 0.2) is 0 Å². The van der Waals surface area contributed by atoms with Crippen LogP contribution in [-0.2, 0) is 0 Å². The normalized spacial score (nSPS) is 11.1. The summed E-state index contributed by atoms with van der Waals surface area (Å²) in [6.45, 7) is 2.04. The summed E-state index contributed by atoms with van der Waals surface area (Å²) >= 11 is 0. The Balaban J connectivity index is 1.60. The molecule has 0 saturated heterocycles. The van der Waals surface area contributed by atoms with Crippen LogP contribution in [0.25, 0.3) is 45.8 Å². The minimum Gasteiger partial charge on any atom is -0.264 e. The summed E-state index contributed by atoms with van der Waals surface area (Å²) in [6.07, 6.45) is 9.81. The van der Waals surface area contributed by atoms with Crippen LogP contribution in [0.5, 0.6) is 0 Å². The van der Waals surface area contributed by atoms with Crippen molar-refractivity contribution in [3.63, 3.8) is 0 Å². The third-order valence-electron chi connectivity index (χ3n) is 5.58.